The summed E-state index contributed by atoms with van der Waals surface area (Å²) in [4.78, 5) is 2.59. The number of rotatable bonds is 2. The molecule has 0 bridgehead atoms. The van der Waals surface area contributed by atoms with Crippen molar-refractivity contribution in [3.05, 3.63) is 0 Å². The Morgan fingerprint density at radius 1 is 1.22 bits per heavy atom. The SMILES string of the molecule is C[C@@H]1CN(CC2CCC3(CCCCC3)O2)CCN1. The molecule has 1 saturated carbocycles. The molecule has 2 saturated heterocycles. The first kappa shape index (κ1) is 12.9. The first-order chi connectivity index (χ1) is 8.76. The molecule has 0 aromatic carbocycles. The molecule has 2 heterocycles. The van der Waals surface area contributed by atoms with Crippen LogP contribution in [0, 0.1) is 0 Å². The van der Waals surface area contributed by atoms with Crippen LogP contribution in [-0.2, 0) is 4.74 Å². The average Bonchev–Trinajstić information content (AvgIpc) is 2.73. The molecule has 3 fully saturated rings. The van der Waals surface area contributed by atoms with Crippen LogP contribution in [-0.4, -0.2) is 48.8 Å². The van der Waals surface area contributed by atoms with Gasteiger partial charge < -0.3 is 10.1 Å². The number of piperazine rings is 1. The monoisotopic (exact) mass is 252 g/mol. The van der Waals surface area contributed by atoms with Gasteiger partial charge in [-0.15, -0.1) is 0 Å². The Balaban J connectivity index is 1.49. The van der Waals surface area contributed by atoms with Gasteiger partial charge in [0.25, 0.3) is 0 Å². The maximum atomic E-state index is 6.47. The highest BCUT2D eigenvalue weighted by Gasteiger charge is 2.41. The van der Waals surface area contributed by atoms with Crippen LogP contribution in [0.15, 0.2) is 0 Å². The number of nitrogens with one attached hydrogen (secondary N) is 1. The van der Waals surface area contributed by atoms with E-state index in [1.165, 1.54) is 58.0 Å². The van der Waals surface area contributed by atoms with Crippen molar-refractivity contribution >= 4 is 0 Å². The molecule has 104 valence electrons. The summed E-state index contributed by atoms with van der Waals surface area (Å²) in [7, 11) is 0. The molecular formula is C15H28N2O. The van der Waals surface area contributed by atoms with Crippen molar-refractivity contribution in [2.24, 2.45) is 0 Å². The third-order valence-corrected chi connectivity index (χ3v) is 5.02. The van der Waals surface area contributed by atoms with Gasteiger partial charge in [-0.2, -0.15) is 0 Å². The van der Waals surface area contributed by atoms with Gasteiger partial charge in [0.15, 0.2) is 0 Å². The van der Waals surface area contributed by atoms with Crippen LogP contribution in [0.4, 0.5) is 0 Å². The Morgan fingerprint density at radius 3 is 2.83 bits per heavy atom. The molecule has 0 amide bonds. The minimum atomic E-state index is 0.294. The molecule has 18 heavy (non-hydrogen) atoms. The zero-order valence-corrected chi connectivity index (χ0v) is 11.8. The molecular weight excluding hydrogens is 224 g/mol. The third kappa shape index (κ3) is 2.89. The lowest BCUT2D eigenvalue weighted by Gasteiger charge is -2.36. The molecule has 2 atom stereocenters. The predicted molar refractivity (Wildman–Crippen MR) is 73.8 cm³/mol. The van der Waals surface area contributed by atoms with E-state index in [4.69, 9.17) is 4.74 Å². The van der Waals surface area contributed by atoms with Gasteiger partial charge in [0.05, 0.1) is 11.7 Å². The molecule has 1 spiro atoms. The van der Waals surface area contributed by atoms with Gasteiger partial charge in [-0.3, -0.25) is 4.90 Å². The Labute approximate surface area is 111 Å². The van der Waals surface area contributed by atoms with E-state index in [9.17, 15) is 0 Å². The lowest BCUT2D eigenvalue weighted by Crippen LogP contribution is -2.51. The summed E-state index contributed by atoms with van der Waals surface area (Å²) in [5.41, 5.74) is 0.294. The second-order valence-electron chi connectivity index (χ2n) is 6.64. The second kappa shape index (κ2) is 5.48. The Hall–Kier alpha value is -0.120. The largest absolute Gasteiger partial charge is 0.370 e. The van der Waals surface area contributed by atoms with Crippen molar-refractivity contribution in [2.75, 3.05) is 26.2 Å². The molecule has 0 aromatic rings. The Morgan fingerprint density at radius 2 is 2.06 bits per heavy atom. The van der Waals surface area contributed by atoms with E-state index in [-0.39, 0.29) is 0 Å². The van der Waals surface area contributed by atoms with Crippen molar-refractivity contribution < 1.29 is 4.74 Å². The van der Waals surface area contributed by atoms with E-state index in [1.54, 1.807) is 0 Å². The summed E-state index contributed by atoms with van der Waals surface area (Å²) in [6.45, 7) is 6.96. The summed E-state index contributed by atoms with van der Waals surface area (Å²) in [6.07, 6.45) is 9.95. The molecule has 0 aromatic heterocycles. The van der Waals surface area contributed by atoms with Crippen LogP contribution >= 0.6 is 0 Å². The van der Waals surface area contributed by atoms with Crippen LogP contribution in [0.2, 0.25) is 0 Å². The van der Waals surface area contributed by atoms with Gasteiger partial charge in [-0.05, 0) is 32.6 Å². The van der Waals surface area contributed by atoms with E-state index >= 15 is 0 Å². The van der Waals surface area contributed by atoms with Gasteiger partial charge in [0, 0.05) is 32.2 Å². The smallest absolute Gasteiger partial charge is 0.0710 e. The normalized spacial score (nSPS) is 37.2. The highest BCUT2D eigenvalue weighted by molar-refractivity contribution is 4.92. The summed E-state index contributed by atoms with van der Waals surface area (Å²) >= 11 is 0. The highest BCUT2D eigenvalue weighted by Crippen LogP contribution is 2.42. The zero-order valence-electron chi connectivity index (χ0n) is 11.8. The Bertz CT molecular complexity index is 276. The van der Waals surface area contributed by atoms with Gasteiger partial charge in [-0.25, -0.2) is 0 Å². The van der Waals surface area contributed by atoms with Crippen LogP contribution in [0.25, 0.3) is 0 Å². The van der Waals surface area contributed by atoms with Gasteiger partial charge in [0.1, 0.15) is 0 Å². The number of ether oxygens (including phenoxy) is 1. The fourth-order valence-electron chi connectivity index (χ4n) is 4.05. The fourth-order valence-corrected chi connectivity index (χ4v) is 4.05. The van der Waals surface area contributed by atoms with Gasteiger partial charge >= 0.3 is 0 Å². The third-order valence-electron chi connectivity index (χ3n) is 5.02. The van der Waals surface area contributed by atoms with Gasteiger partial charge in [0.2, 0.25) is 0 Å². The summed E-state index contributed by atoms with van der Waals surface area (Å²) in [6, 6.07) is 0.642. The zero-order chi connectivity index (χ0) is 12.4. The summed E-state index contributed by atoms with van der Waals surface area (Å²) < 4.78 is 6.47. The molecule has 2 aliphatic heterocycles. The Kier molecular flexibility index (Phi) is 3.92. The van der Waals surface area contributed by atoms with E-state index in [1.807, 2.05) is 0 Å². The number of hydrogen-bond donors (Lipinski definition) is 1. The van der Waals surface area contributed by atoms with Crippen molar-refractivity contribution in [3.63, 3.8) is 0 Å². The first-order valence-electron chi connectivity index (χ1n) is 7.89. The van der Waals surface area contributed by atoms with Crippen LogP contribution in [0.3, 0.4) is 0 Å². The van der Waals surface area contributed by atoms with Crippen LogP contribution in [0.5, 0.6) is 0 Å². The molecule has 1 aliphatic carbocycles. The molecule has 3 nitrogen and oxygen atoms in total. The average molecular weight is 252 g/mol. The topological polar surface area (TPSA) is 24.5 Å². The molecule has 3 rings (SSSR count). The summed E-state index contributed by atoms with van der Waals surface area (Å²) in [5, 5.41) is 3.51. The maximum Gasteiger partial charge on any atom is 0.0710 e. The molecule has 3 aliphatic rings. The maximum absolute atomic E-state index is 6.47. The standard InChI is InChI=1S/C15H28N2O/c1-13-11-17(10-9-16-13)12-14-5-8-15(18-14)6-3-2-4-7-15/h13-14,16H,2-12H2,1H3/t13-,14?/m1/s1. The lowest BCUT2D eigenvalue weighted by molar-refractivity contribution is -0.0730. The first-order valence-corrected chi connectivity index (χ1v) is 7.89. The number of nitrogens with zero attached hydrogens (tertiary/aromatic N) is 1. The van der Waals surface area contributed by atoms with E-state index in [0.29, 0.717) is 17.7 Å². The van der Waals surface area contributed by atoms with Crippen LogP contribution in [0.1, 0.15) is 51.9 Å². The second-order valence-corrected chi connectivity index (χ2v) is 6.64. The quantitative estimate of drug-likeness (QED) is 0.815. The minimum absolute atomic E-state index is 0.294. The van der Waals surface area contributed by atoms with Gasteiger partial charge in [-0.1, -0.05) is 19.3 Å². The fraction of sp³-hybridized carbons (Fsp3) is 1.00. The predicted octanol–water partition coefficient (Wildman–Crippen LogP) is 2.16. The molecule has 1 N–H and O–H groups in total. The number of hydrogen-bond acceptors (Lipinski definition) is 3. The minimum Gasteiger partial charge on any atom is -0.370 e. The van der Waals surface area contributed by atoms with Crippen molar-refractivity contribution in [3.8, 4) is 0 Å². The summed E-state index contributed by atoms with van der Waals surface area (Å²) in [5.74, 6) is 0. The van der Waals surface area contributed by atoms with Crippen molar-refractivity contribution in [1.82, 2.24) is 10.2 Å². The van der Waals surface area contributed by atoms with E-state index < -0.39 is 0 Å². The molecule has 3 heteroatoms. The van der Waals surface area contributed by atoms with E-state index in [0.717, 1.165) is 13.1 Å². The highest BCUT2D eigenvalue weighted by atomic mass is 16.5. The molecule has 1 unspecified atom stereocenters. The van der Waals surface area contributed by atoms with Crippen LogP contribution < -0.4 is 5.32 Å². The van der Waals surface area contributed by atoms with E-state index in [2.05, 4.69) is 17.1 Å². The van der Waals surface area contributed by atoms with Crippen molar-refractivity contribution in [1.29, 1.82) is 0 Å². The lowest BCUT2D eigenvalue weighted by atomic mass is 9.83. The molecule has 0 radical (unpaired) electrons. The van der Waals surface area contributed by atoms with Crippen molar-refractivity contribution in [2.45, 2.75) is 69.6 Å².